The van der Waals surface area contributed by atoms with Crippen LogP contribution in [0, 0.1) is 5.82 Å². The Morgan fingerprint density at radius 3 is 2.55 bits per heavy atom. The van der Waals surface area contributed by atoms with Gasteiger partial charge in [-0.15, -0.1) is 11.8 Å². The standard InChI is InChI=1S/C20H23FS/c1-5-14(4)22-18-11-9-16(7-3)20(13-18)19-12-17(21)10-8-15(19)6-2/h7-14H,3,5-6H2,1-2,4H3. The zero-order valence-electron chi connectivity index (χ0n) is 13.5. The molecule has 0 aliphatic carbocycles. The smallest absolute Gasteiger partial charge is 0.123 e. The second-order valence-electron chi connectivity index (χ2n) is 5.44. The summed E-state index contributed by atoms with van der Waals surface area (Å²) in [6.45, 7) is 10.4. The fourth-order valence-electron chi connectivity index (χ4n) is 2.44. The van der Waals surface area contributed by atoms with Crippen molar-refractivity contribution in [3.63, 3.8) is 0 Å². The summed E-state index contributed by atoms with van der Waals surface area (Å²) < 4.78 is 13.7. The highest BCUT2D eigenvalue weighted by Gasteiger charge is 2.11. The Bertz CT molecular complexity index is 661. The molecule has 0 aromatic heterocycles. The van der Waals surface area contributed by atoms with Gasteiger partial charge in [0.15, 0.2) is 0 Å². The van der Waals surface area contributed by atoms with E-state index in [2.05, 4.69) is 45.5 Å². The second kappa shape index (κ2) is 7.64. The van der Waals surface area contributed by atoms with Crippen molar-refractivity contribution in [3.05, 3.63) is 59.9 Å². The van der Waals surface area contributed by atoms with Gasteiger partial charge < -0.3 is 0 Å². The predicted octanol–water partition coefficient (Wildman–Crippen LogP) is 6.59. The van der Waals surface area contributed by atoms with Crippen molar-refractivity contribution in [3.8, 4) is 11.1 Å². The van der Waals surface area contributed by atoms with Crippen molar-refractivity contribution in [1.29, 1.82) is 0 Å². The molecular weight excluding hydrogens is 291 g/mol. The van der Waals surface area contributed by atoms with Crippen LogP contribution >= 0.6 is 11.8 Å². The monoisotopic (exact) mass is 314 g/mol. The maximum Gasteiger partial charge on any atom is 0.123 e. The van der Waals surface area contributed by atoms with Gasteiger partial charge in [0.1, 0.15) is 5.82 Å². The van der Waals surface area contributed by atoms with Crippen molar-refractivity contribution >= 4 is 17.8 Å². The molecule has 0 N–H and O–H groups in total. The predicted molar refractivity (Wildman–Crippen MR) is 96.9 cm³/mol. The molecule has 0 saturated carbocycles. The van der Waals surface area contributed by atoms with Gasteiger partial charge in [-0.1, -0.05) is 45.6 Å². The molecular formula is C20H23FS. The maximum absolute atomic E-state index is 13.7. The van der Waals surface area contributed by atoms with Gasteiger partial charge in [-0.05, 0) is 59.4 Å². The lowest BCUT2D eigenvalue weighted by Gasteiger charge is -2.15. The van der Waals surface area contributed by atoms with Crippen LogP contribution in [0.2, 0.25) is 0 Å². The zero-order chi connectivity index (χ0) is 16.1. The number of hydrogen-bond acceptors (Lipinski definition) is 1. The van der Waals surface area contributed by atoms with Gasteiger partial charge in [0, 0.05) is 10.1 Å². The molecule has 0 radical (unpaired) electrons. The molecule has 2 heteroatoms. The molecule has 2 aromatic rings. The number of halogens is 1. The highest BCUT2D eigenvalue weighted by atomic mass is 32.2. The molecule has 2 rings (SSSR count). The molecule has 0 bridgehead atoms. The van der Waals surface area contributed by atoms with Crippen molar-refractivity contribution in [2.45, 2.75) is 43.8 Å². The second-order valence-corrected chi connectivity index (χ2v) is 6.96. The summed E-state index contributed by atoms with van der Waals surface area (Å²) in [7, 11) is 0. The molecule has 1 unspecified atom stereocenters. The fraction of sp³-hybridized carbons (Fsp3) is 0.300. The molecule has 2 aromatic carbocycles. The van der Waals surface area contributed by atoms with Crippen LogP contribution in [0.15, 0.2) is 47.9 Å². The summed E-state index contributed by atoms with van der Waals surface area (Å²) in [5, 5.41) is 0.570. The van der Waals surface area contributed by atoms with Crippen molar-refractivity contribution in [2.24, 2.45) is 0 Å². The van der Waals surface area contributed by atoms with Crippen molar-refractivity contribution < 1.29 is 4.39 Å². The van der Waals surface area contributed by atoms with Crippen molar-refractivity contribution in [1.82, 2.24) is 0 Å². The van der Waals surface area contributed by atoms with Crippen LogP contribution in [0.4, 0.5) is 4.39 Å². The Labute approximate surface area is 137 Å². The van der Waals surface area contributed by atoms with E-state index in [-0.39, 0.29) is 5.82 Å². The van der Waals surface area contributed by atoms with E-state index < -0.39 is 0 Å². The normalized spacial score (nSPS) is 12.2. The van der Waals surface area contributed by atoms with Gasteiger partial charge in [-0.25, -0.2) is 4.39 Å². The van der Waals surface area contributed by atoms with E-state index in [0.717, 1.165) is 35.1 Å². The Morgan fingerprint density at radius 2 is 1.91 bits per heavy atom. The largest absolute Gasteiger partial charge is 0.207 e. The average Bonchev–Trinajstić information content (AvgIpc) is 2.54. The SMILES string of the molecule is C=Cc1ccc(SC(C)CC)cc1-c1cc(F)ccc1CC. The molecule has 116 valence electrons. The summed E-state index contributed by atoms with van der Waals surface area (Å²) in [4.78, 5) is 1.22. The van der Waals surface area contributed by atoms with Crippen LogP contribution in [0.25, 0.3) is 17.2 Å². The summed E-state index contributed by atoms with van der Waals surface area (Å²) in [5.41, 5.74) is 4.26. The van der Waals surface area contributed by atoms with Crippen LogP contribution in [-0.4, -0.2) is 5.25 Å². The molecule has 0 spiro atoms. The van der Waals surface area contributed by atoms with Crippen LogP contribution in [0.3, 0.4) is 0 Å². The van der Waals surface area contributed by atoms with Gasteiger partial charge in [-0.2, -0.15) is 0 Å². The summed E-state index contributed by atoms with van der Waals surface area (Å²) in [6.07, 6.45) is 3.86. The minimum Gasteiger partial charge on any atom is -0.207 e. The third-order valence-electron chi connectivity index (χ3n) is 3.90. The summed E-state index contributed by atoms with van der Waals surface area (Å²) >= 11 is 1.86. The third-order valence-corrected chi connectivity index (χ3v) is 5.16. The van der Waals surface area contributed by atoms with Crippen LogP contribution in [0.1, 0.15) is 38.3 Å². The molecule has 0 aliphatic rings. The van der Waals surface area contributed by atoms with Gasteiger partial charge in [0.2, 0.25) is 0 Å². The van der Waals surface area contributed by atoms with E-state index in [4.69, 9.17) is 0 Å². The first-order valence-electron chi connectivity index (χ1n) is 7.81. The number of rotatable bonds is 6. The van der Waals surface area contributed by atoms with E-state index in [1.54, 1.807) is 6.07 Å². The minimum atomic E-state index is -0.192. The van der Waals surface area contributed by atoms with E-state index in [1.165, 1.54) is 11.0 Å². The number of benzene rings is 2. The van der Waals surface area contributed by atoms with Crippen LogP contribution < -0.4 is 0 Å². The van der Waals surface area contributed by atoms with E-state index in [9.17, 15) is 4.39 Å². The van der Waals surface area contributed by atoms with Crippen LogP contribution in [0.5, 0.6) is 0 Å². The third kappa shape index (κ3) is 3.80. The number of hydrogen-bond donors (Lipinski definition) is 0. The van der Waals surface area contributed by atoms with Crippen molar-refractivity contribution in [2.75, 3.05) is 0 Å². The first-order valence-corrected chi connectivity index (χ1v) is 8.68. The fourth-order valence-corrected chi connectivity index (χ4v) is 3.41. The Morgan fingerprint density at radius 1 is 1.14 bits per heavy atom. The molecule has 0 saturated heterocycles. The quantitative estimate of drug-likeness (QED) is 0.542. The van der Waals surface area contributed by atoms with Gasteiger partial charge in [-0.3, -0.25) is 0 Å². The summed E-state index contributed by atoms with van der Waals surface area (Å²) in [5.74, 6) is -0.192. The molecule has 0 amide bonds. The minimum absolute atomic E-state index is 0.192. The van der Waals surface area contributed by atoms with Crippen LogP contribution in [-0.2, 0) is 6.42 Å². The molecule has 22 heavy (non-hydrogen) atoms. The van der Waals surface area contributed by atoms with E-state index >= 15 is 0 Å². The van der Waals surface area contributed by atoms with E-state index in [0.29, 0.717) is 5.25 Å². The first-order chi connectivity index (χ1) is 10.6. The topological polar surface area (TPSA) is 0 Å². The van der Waals surface area contributed by atoms with Gasteiger partial charge in [0.05, 0.1) is 0 Å². The van der Waals surface area contributed by atoms with Gasteiger partial charge in [0.25, 0.3) is 0 Å². The Balaban J connectivity index is 2.55. The average molecular weight is 314 g/mol. The molecule has 1 atom stereocenters. The number of aryl methyl sites for hydroxylation is 1. The summed E-state index contributed by atoms with van der Waals surface area (Å²) in [6, 6.07) is 11.4. The maximum atomic E-state index is 13.7. The lowest BCUT2D eigenvalue weighted by atomic mass is 9.94. The molecule has 0 nitrogen and oxygen atoms in total. The first kappa shape index (κ1) is 16.8. The Kier molecular flexibility index (Phi) is 5.84. The molecule has 0 aliphatic heterocycles. The van der Waals surface area contributed by atoms with E-state index in [1.807, 2.05) is 23.9 Å². The molecule has 0 heterocycles. The Hall–Kier alpha value is -1.54. The lowest BCUT2D eigenvalue weighted by molar-refractivity contribution is 0.627. The number of thioether (sulfide) groups is 1. The highest BCUT2D eigenvalue weighted by molar-refractivity contribution is 7.99. The molecule has 0 fully saturated rings. The lowest BCUT2D eigenvalue weighted by Crippen LogP contribution is -1.95. The highest BCUT2D eigenvalue weighted by Crippen LogP contribution is 2.34. The zero-order valence-corrected chi connectivity index (χ0v) is 14.3. The van der Waals surface area contributed by atoms with Gasteiger partial charge >= 0.3 is 0 Å².